The molecule has 0 saturated carbocycles. The molecule has 0 radical (unpaired) electrons. The summed E-state index contributed by atoms with van der Waals surface area (Å²) >= 11 is 5.82. The summed E-state index contributed by atoms with van der Waals surface area (Å²) in [6.07, 6.45) is 3.19. The van der Waals surface area contributed by atoms with E-state index in [0.29, 0.717) is 27.6 Å². The van der Waals surface area contributed by atoms with Gasteiger partial charge in [0.2, 0.25) is 0 Å². The van der Waals surface area contributed by atoms with Crippen LogP contribution in [0.15, 0.2) is 78.9 Å². The maximum Gasteiger partial charge on any atom is 0.343 e. The predicted molar refractivity (Wildman–Crippen MR) is 109 cm³/mol. The van der Waals surface area contributed by atoms with Crippen LogP contribution in [-0.4, -0.2) is 18.9 Å². The van der Waals surface area contributed by atoms with E-state index in [2.05, 4.69) is 0 Å². The lowest BCUT2D eigenvalue weighted by Crippen LogP contribution is -2.08. The number of benzene rings is 3. The van der Waals surface area contributed by atoms with Crippen LogP contribution in [0.3, 0.4) is 0 Å². The van der Waals surface area contributed by atoms with Crippen molar-refractivity contribution in [1.29, 1.82) is 0 Å². The summed E-state index contributed by atoms with van der Waals surface area (Å²) in [6, 6.07) is 20.3. The van der Waals surface area contributed by atoms with Gasteiger partial charge < -0.3 is 9.47 Å². The Hall–Kier alpha value is -3.37. The zero-order chi connectivity index (χ0) is 19.9. The van der Waals surface area contributed by atoms with Crippen LogP contribution in [0.4, 0.5) is 0 Å². The van der Waals surface area contributed by atoms with Crippen LogP contribution in [-0.2, 0) is 0 Å². The van der Waals surface area contributed by atoms with E-state index in [4.69, 9.17) is 21.1 Å². The summed E-state index contributed by atoms with van der Waals surface area (Å²) in [4.78, 5) is 24.3. The third kappa shape index (κ3) is 5.09. The summed E-state index contributed by atoms with van der Waals surface area (Å²) in [7, 11) is 1.56. The summed E-state index contributed by atoms with van der Waals surface area (Å²) in [5.41, 5.74) is 1.80. The van der Waals surface area contributed by atoms with Crippen LogP contribution in [0.5, 0.6) is 11.5 Å². The van der Waals surface area contributed by atoms with E-state index in [9.17, 15) is 9.59 Å². The van der Waals surface area contributed by atoms with Gasteiger partial charge in [0.1, 0.15) is 11.5 Å². The molecule has 3 rings (SSSR count). The first-order valence-electron chi connectivity index (χ1n) is 8.49. The SMILES string of the molecule is COc1ccc(C(=O)Oc2ccc(C=CC(=O)c3ccc(Cl)cc3)cc2)cc1. The van der Waals surface area contributed by atoms with Gasteiger partial charge in [-0.05, 0) is 72.3 Å². The second kappa shape index (κ2) is 9.02. The Morgan fingerprint density at radius 3 is 1.96 bits per heavy atom. The highest BCUT2D eigenvalue weighted by Gasteiger charge is 2.08. The molecule has 3 aromatic rings. The van der Waals surface area contributed by atoms with Crippen molar-refractivity contribution >= 4 is 29.4 Å². The summed E-state index contributed by atoms with van der Waals surface area (Å²) in [5, 5.41) is 0.584. The summed E-state index contributed by atoms with van der Waals surface area (Å²) in [6.45, 7) is 0. The highest BCUT2D eigenvalue weighted by atomic mass is 35.5. The minimum atomic E-state index is -0.455. The third-order valence-electron chi connectivity index (χ3n) is 3.97. The normalized spacial score (nSPS) is 10.6. The fourth-order valence-electron chi connectivity index (χ4n) is 2.42. The number of ether oxygens (including phenoxy) is 2. The van der Waals surface area contributed by atoms with Crippen molar-refractivity contribution < 1.29 is 19.1 Å². The molecule has 28 heavy (non-hydrogen) atoms. The van der Waals surface area contributed by atoms with Gasteiger partial charge >= 0.3 is 5.97 Å². The van der Waals surface area contributed by atoms with Gasteiger partial charge in [-0.1, -0.05) is 29.8 Å². The largest absolute Gasteiger partial charge is 0.497 e. The van der Waals surface area contributed by atoms with E-state index in [-0.39, 0.29) is 5.78 Å². The van der Waals surface area contributed by atoms with E-state index >= 15 is 0 Å². The van der Waals surface area contributed by atoms with Crippen molar-refractivity contribution in [1.82, 2.24) is 0 Å². The molecule has 0 unspecified atom stereocenters. The molecule has 0 bridgehead atoms. The van der Waals surface area contributed by atoms with Crippen molar-refractivity contribution in [3.63, 3.8) is 0 Å². The maximum atomic E-state index is 12.2. The molecule has 0 N–H and O–H groups in total. The van der Waals surface area contributed by atoms with E-state index in [0.717, 1.165) is 5.56 Å². The Bertz CT molecular complexity index is 988. The van der Waals surface area contributed by atoms with E-state index in [1.165, 1.54) is 6.08 Å². The first-order valence-corrected chi connectivity index (χ1v) is 8.87. The van der Waals surface area contributed by atoms with Crippen molar-refractivity contribution in [2.24, 2.45) is 0 Å². The smallest absolute Gasteiger partial charge is 0.343 e. The van der Waals surface area contributed by atoms with Crippen LogP contribution < -0.4 is 9.47 Å². The van der Waals surface area contributed by atoms with E-state index in [1.54, 1.807) is 86.0 Å². The highest BCUT2D eigenvalue weighted by molar-refractivity contribution is 6.30. The first-order chi connectivity index (χ1) is 13.5. The Kier molecular flexibility index (Phi) is 6.25. The molecule has 0 aliphatic carbocycles. The molecule has 3 aromatic carbocycles. The van der Waals surface area contributed by atoms with Crippen molar-refractivity contribution in [2.75, 3.05) is 7.11 Å². The molecule has 0 aliphatic heterocycles. The lowest BCUT2D eigenvalue weighted by molar-refractivity contribution is 0.0734. The monoisotopic (exact) mass is 392 g/mol. The summed E-state index contributed by atoms with van der Waals surface area (Å²) < 4.78 is 10.4. The Morgan fingerprint density at radius 1 is 0.786 bits per heavy atom. The average Bonchev–Trinajstić information content (AvgIpc) is 2.73. The number of ketones is 1. The molecular formula is C23H17ClO4. The molecule has 0 heterocycles. The first kappa shape index (κ1) is 19.4. The lowest BCUT2D eigenvalue weighted by Gasteiger charge is -2.05. The van der Waals surface area contributed by atoms with Crippen LogP contribution in [0, 0.1) is 0 Å². The number of allylic oxidation sites excluding steroid dienone is 1. The number of methoxy groups -OCH3 is 1. The lowest BCUT2D eigenvalue weighted by atomic mass is 10.1. The van der Waals surface area contributed by atoms with Crippen molar-refractivity contribution in [3.8, 4) is 11.5 Å². The van der Waals surface area contributed by atoms with Crippen LogP contribution >= 0.6 is 11.6 Å². The standard InChI is InChI=1S/C23H17ClO4/c1-27-20-13-7-18(8-14-20)23(26)28-21-11-2-16(3-12-21)4-15-22(25)17-5-9-19(24)10-6-17/h2-15H,1H3. The fourth-order valence-corrected chi connectivity index (χ4v) is 2.55. The highest BCUT2D eigenvalue weighted by Crippen LogP contribution is 2.17. The third-order valence-corrected chi connectivity index (χ3v) is 4.22. The van der Waals surface area contributed by atoms with Gasteiger partial charge in [-0.25, -0.2) is 4.79 Å². The molecule has 0 fully saturated rings. The Balaban J connectivity index is 1.61. The van der Waals surface area contributed by atoms with Gasteiger partial charge in [0, 0.05) is 10.6 Å². The fraction of sp³-hybridized carbons (Fsp3) is 0.0435. The quantitative estimate of drug-likeness (QED) is 0.242. The number of carbonyl (C=O) groups is 2. The number of halogens is 1. The Morgan fingerprint density at radius 2 is 1.36 bits per heavy atom. The maximum absolute atomic E-state index is 12.2. The zero-order valence-electron chi connectivity index (χ0n) is 15.1. The minimum absolute atomic E-state index is 0.119. The second-order valence-electron chi connectivity index (χ2n) is 5.89. The van der Waals surface area contributed by atoms with Gasteiger partial charge in [-0.15, -0.1) is 0 Å². The van der Waals surface area contributed by atoms with Gasteiger partial charge in [0.25, 0.3) is 0 Å². The Labute approximate surface area is 168 Å². The molecule has 0 aromatic heterocycles. The summed E-state index contributed by atoms with van der Waals surface area (Å²) in [5.74, 6) is 0.512. The molecule has 0 atom stereocenters. The molecule has 0 spiro atoms. The number of hydrogen-bond acceptors (Lipinski definition) is 4. The van der Waals surface area contributed by atoms with Gasteiger partial charge in [0.15, 0.2) is 5.78 Å². The van der Waals surface area contributed by atoms with Crippen LogP contribution in [0.1, 0.15) is 26.3 Å². The number of rotatable bonds is 6. The molecular weight excluding hydrogens is 376 g/mol. The molecule has 0 saturated heterocycles. The molecule has 0 amide bonds. The van der Waals surface area contributed by atoms with Crippen LogP contribution in [0.25, 0.3) is 6.08 Å². The average molecular weight is 393 g/mol. The van der Waals surface area contributed by atoms with Gasteiger partial charge in [0.05, 0.1) is 12.7 Å². The van der Waals surface area contributed by atoms with Crippen molar-refractivity contribution in [2.45, 2.75) is 0 Å². The second-order valence-corrected chi connectivity index (χ2v) is 6.33. The number of hydrogen-bond donors (Lipinski definition) is 0. The van der Waals surface area contributed by atoms with Gasteiger partial charge in [-0.2, -0.15) is 0 Å². The number of esters is 1. The molecule has 0 aliphatic rings. The zero-order valence-corrected chi connectivity index (χ0v) is 15.8. The van der Waals surface area contributed by atoms with E-state index in [1.807, 2.05) is 0 Å². The topological polar surface area (TPSA) is 52.6 Å². The van der Waals surface area contributed by atoms with Crippen molar-refractivity contribution in [3.05, 3.63) is 101 Å². The van der Waals surface area contributed by atoms with Gasteiger partial charge in [-0.3, -0.25) is 4.79 Å². The minimum Gasteiger partial charge on any atom is -0.497 e. The predicted octanol–water partition coefficient (Wildman–Crippen LogP) is 5.46. The van der Waals surface area contributed by atoms with E-state index < -0.39 is 5.97 Å². The molecule has 140 valence electrons. The number of carbonyl (C=O) groups excluding carboxylic acids is 2. The van der Waals surface area contributed by atoms with Crippen LogP contribution in [0.2, 0.25) is 5.02 Å². The molecule has 5 heteroatoms. The molecule has 4 nitrogen and oxygen atoms in total.